The second kappa shape index (κ2) is 7.60. The van der Waals surface area contributed by atoms with Crippen molar-refractivity contribution in [3.05, 3.63) is 45.7 Å². The van der Waals surface area contributed by atoms with E-state index in [2.05, 4.69) is 10.4 Å². The maximum Gasteiger partial charge on any atom is 0.328 e. The van der Waals surface area contributed by atoms with E-state index in [9.17, 15) is 19.7 Å². The number of nitrogens with zero attached hydrogens (tertiary/aromatic N) is 3. The first kappa shape index (κ1) is 18.2. The molecule has 2 rings (SSSR count). The first-order chi connectivity index (χ1) is 11.8. The zero-order valence-corrected chi connectivity index (χ0v) is 14.0. The molecule has 0 radical (unpaired) electrons. The molecule has 0 spiro atoms. The van der Waals surface area contributed by atoms with Crippen molar-refractivity contribution in [3.63, 3.8) is 0 Å². The number of nitrogens with one attached hydrogen (secondary N) is 1. The van der Waals surface area contributed by atoms with Crippen molar-refractivity contribution < 1.29 is 23.7 Å². The van der Waals surface area contributed by atoms with Gasteiger partial charge in [0.05, 0.1) is 17.7 Å². The third kappa shape index (κ3) is 4.43. The maximum atomic E-state index is 12.0. The lowest BCUT2D eigenvalue weighted by Crippen LogP contribution is -2.36. The maximum absolute atomic E-state index is 12.0. The zero-order chi connectivity index (χ0) is 18.6. The second-order valence-corrected chi connectivity index (χ2v) is 5.36. The first-order valence-corrected chi connectivity index (χ1v) is 7.47. The van der Waals surface area contributed by atoms with Crippen LogP contribution in [-0.2, 0) is 27.4 Å². The van der Waals surface area contributed by atoms with Crippen LogP contribution in [0.3, 0.4) is 0 Å². The Morgan fingerprint density at radius 3 is 2.76 bits per heavy atom. The Morgan fingerprint density at radius 1 is 1.48 bits per heavy atom. The summed E-state index contributed by atoms with van der Waals surface area (Å²) >= 11 is 0. The fraction of sp³-hybridized carbons (Fsp3) is 0.400. The third-order valence-corrected chi connectivity index (χ3v) is 3.50. The van der Waals surface area contributed by atoms with E-state index in [1.807, 2.05) is 0 Å². The molecule has 1 atom stereocenters. The minimum atomic E-state index is -1.02. The highest BCUT2D eigenvalue weighted by molar-refractivity contribution is 5.83. The minimum absolute atomic E-state index is 0.142. The highest BCUT2D eigenvalue weighted by Gasteiger charge is 2.24. The summed E-state index contributed by atoms with van der Waals surface area (Å²) in [4.78, 5) is 34.3. The normalized spacial score (nSPS) is 11.8. The number of ether oxygens (including phenoxy) is 1. The van der Waals surface area contributed by atoms with Gasteiger partial charge in [0.25, 0.3) is 5.91 Å². The number of nitro groups is 1. The molecule has 0 unspecified atom stereocenters. The number of carbonyl (C=O) groups is 2. The van der Waals surface area contributed by atoms with Gasteiger partial charge in [0.2, 0.25) is 0 Å². The van der Waals surface area contributed by atoms with Gasteiger partial charge in [-0.1, -0.05) is 0 Å². The molecule has 0 fully saturated rings. The molecule has 0 aliphatic rings. The van der Waals surface area contributed by atoms with Gasteiger partial charge in [-0.3, -0.25) is 24.4 Å². The van der Waals surface area contributed by atoms with E-state index in [-0.39, 0.29) is 30.2 Å². The number of rotatable bonds is 7. The molecule has 134 valence electrons. The Bertz CT molecular complexity index is 780. The lowest BCUT2D eigenvalue weighted by molar-refractivity contribution is -0.386. The fourth-order valence-corrected chi connectivity index (χ4v) is 2.25. The van der Waals surface area contributed by atoms with Crippen molar-refractivity contribution in [2.45, 2.75) is 40.0 Å². The topological polar surface area (TPSA) is 130 Å². The van der Waals surface area contributed by atoms with Crippen molar-refractivity contribution in [3.8, 4) is 0 Å². The van der Waals surface area contributed by atoms with Crippen LogP contribution in [0.4, 0.5) is 5.69 Å². The molecule has 0 saturated heterocycles. The van der Waals surface area contributed by atoms with Gasteiger partial charge in [0.1, 0.15) is 23.7 Å². The molecule has 0 aliphatic carbocycles. The van der Waals surface area contributed by atoms with Crippen LogP contribution < -0.4 is 5.32 Å². The van der Waals surface area contributed by atoms with Gasteiger partial charge in [-0.2, -0.15) is 5.10 Å². The summed E-state index contributed by atoms with van der Waals surface area (Å²) in [6.07, 6.45) is 0.466. The molecule has 10 nitrogen and oxygen atoms in total. The Labute approximate surface area is 142 Å². The van der Waals surface area contributed by atoms with Crippen LogP contribution >= 0.6 is 0 Å². The average molecular weight is 350 g/mol. The number of hydrogen-bond donors (Lipinski definition) is 1. The number of hydrogen-bond acceptors (Lipinski definition) is 7. The van der Waals surface area contributed by atoms with Gasteiger partial charge in [0, 0.05) is 0 Å². The standard InChI is InChI=1S/C15H18N4O6/c1-9-14(19(22)23)10(2)18(17-9)8-13(20)25-11(3)15(21)16-7-12-5-4-6-24-12/h4-6,11H,7-8H2,1-3H3,(H,16,21)/t11-/m0/s1. The van der Waals surface area contributed by atoms with Gasteiger partial charge in [0.15, 0.2) is 6.10 Å². The van der Waals surface area contributed by atoms with Crippen LogP contribution in [-0.4, -0.2) is 32.7 Å². The van der Waals surface area contributed by atoms with E-state index < -0.39 is 22.9 Å². The molecular weight excluding hydrogens is 332 g/mol. The highest BCUT2D eigenvalue weighted by atomic mass is 16.6. The van der Waals surface area contributed by atoms with Gasteiger partial charge >= 0.3 is 11.7 Å². The molecule has 0 aromatic carbocycles. The number of aromatic nitrogens is 2. The average Bonchev–Trinajstić information content (AvgIpc) is 3.13. The van der Waals surface area contributed by atoms with Gasteiger partial charge in [-0.15, -0.1) is 0 Å². The van der Waals surface area contributed by atoms with Crippen LogP contribution in [0.15, 0.2) is 22.8 Å². The monoisotopic (exact) mass is 350 g/mol. The Morgan fingerprint density at radius 2 is 2.20 bits per heavy atom. The quantitative estimate of drug-likeness (QED) is 0.452. The number of furan rings is 1. The highest BCUT2D eigenvalue weighted by Crippen LogP contribution is 2.21. The number of carbonyl (C=O) groups excluding carboxylic acids is 2. The van der Waals surface area contributed by atoms with E-state index in [0.717, 1.165) is 0 Å². The van der Waals surface area contributed by atoms with Gasteiger partial charge in [-0.05, 0) is 32.9 Å². The predicted octanol–water partition coefficient (Wildman–Crippen LogP) is 1.25. The van der Waals surface area contributed by atoms with E-state index in [1.165, 1.54) is 31.7 Å². The Hall–Kier alpha value is -3.17. The fourth-order valence-electron chi connectivity index (χ4n) is 2.25. The van der Waals surface area contributed by atoms with E-state index in [0.29, 0.717) is 5.76 Å². The predicted molar refractivity (Wildman–Crippen MR) is 84.5 cm³/mol. The number of esters is 1. The van der Waals surface area contributed by atoms with Crippen molar-refractivity contribution in [1.29, 1.82) is 0 Å². The summed E-state index contributed by atoms with van der Waals surface area (Å²) in [5, 5.41) is 17.5. The van der Waals surface area contributed by atoms with Crippen LogP contribution in [0.1, 0.15) is 24.1 Å². The van der Waals surface area contributed by atoms with Crippen LogP contribution in [0.5, 0.6) is 0 Å². The summed E-state index contributed by atoms with van der Waals surface area (Å²) in [5.41, 5.74) is 0.311. The van der Waals surface area contributed by atoms with E-state index in [4.69, 9.17) is 9.15 Å². The Kier molecular flexibility index (Phi) is 5.52. The SMILES string of the molecule is Cc1nn(CC(=O)O[C@@H](C)C(=O)NCc2ccco2)c(C)c1[N+](=O)[O-]. The van der Waals surface area contributed by atoms with E-state index >= 15 is 0 Å². The van der Waals surface area contributed by atoms with Crippen molar-refractivity contribution in [1.82, 2.24) is 15.1 Å². The second-order valence-electron chi connectivity index (χ2n) is 5.36. The molecule has 1 N–H and O–H groups in total. The summed E-state index contributed by atoms with van der Waals surface area (Å²) in [7, 11) is 0. The minimum Gasteiger partial charge on any atom is -0.467 e. The zero-order valence-electron chi connectivity index (χ0n) is 14.0. The van der Waals surface area contributed by atoms with Crippen LogP contribution in [0.25, 0.3) is 0 Å². The molecule has 2 heterocycles. The van der Waals surface area contributed by atoms with Gasteiger partial charge in [-0.25, -0.2) is 0 Å². The Balaban J connectivity index is 1.90. The molecule has 2 aromatic rings. The summed E-state index contributed by atoms with van der Waals surface area (Å²) in [6.45, 7) is 4.26. The van der Waals surface area contributed by atoms with Gasteiger partial charge < -0.3 is 14.5 Å². The van der Waals surface area contributed by atoms with E-state index in [1.54, 1.807) is 12.1 Å². The molecule has 0 bridgehead atoms. The summed E-state index contributed by atoms with van der Waals surface area (Å²) < 4.78 is 11.3. The van der Waals surface area contributed by atoms with Crippen molar-refractivity contribution in [2.75, 3.05) is 0 Å². The van der Waals surface area contributed by atoms with Crippen molar-refractivity contribution >= 4 is 17.6 Å². The van der Waals surface area contributed by atoms with Crippen molar-refractivity contribution in [2.24, 2.45) is 0 Å². The molecule has 0 aliphatic heterocycles. The van der Waals surface area contributed by atoms with Crippen LogP contribution in [0, 0.1) is 24.0 Å². The molecule has 1 amide bonds. The molecule has 25 heavy (non-hydrogen) atoms. The third-order valence-electron chi connectivity index (χ3n) is 3.50. The first-order valence-electron chi connectivity index (χ1n) is 7.47. The molecule has 2 aromatic heterocycles. The summed E-state index contributed by atoms with van der Waals surface area (Å²) in [6, 6.07) is 3.39. The molecule has 0 saturated carbocycles. The lowest BCUT2D eigenvalue weighted by Gasteiger charge is -2.13. The number of aryl methyl sites for hydroxylation is 1. The lowest BCUT2D eigenvalue weighted by atomic mass is 10.3. The largest absolute Gasteiger partial charge is 0.467 e. The number of amides is 1. The van der Waals surface area contributed by atoms with Crippen LogP contribution in [0.2, 0.25) is 0 Å². The smallest absolute Gasteiger partial charge is 0.328 e. The molecule has 10 heteroatoms. The summed E-state index contributed by atoms with van der Waals surface area (Å²) in [5.74, 6) is -0.632. The molecular formula is C15H18N4O6.